The molecule has 3 heteroatoms. The first-order valence-electron chi connectivity index (χ1n) is 2.55. The second-order valence-electron chi connectivity index (χ2n) is 1.73. The lowest BCUT2D eigenvalue weighted by atomic mass is 10.4. The highest BCUT2D eigenvalue weighted by Gasteiger charge is 2.08. The van der Waals surface area contributed by atoms with Crippen LogP contribution in [0.4, 0.5) is 4.79 Å². The standard InChI is InChI=1S/C5H8NOS/c1-6-3-2-4-8-5(6)7/h1-4H2/q-1. The quantitative estimate of drug-likeness (QED) is 0.461. The lowest BCUT2D eigenvalue weighted by molar-refractivity contribution is 0.237. The van der Waals surface area contributed by atoms with Crippen LogP contribution in [0.2, 0.25) is 0 Å². The highest BCUT2D eigenvalue weighted by molar-refractivity contribution is 8.13. The van der Waals surface area contributed by atoms with Crippen LogP contribution in [0.25, 0.3) is 0 Å². The van der Waals surface area contributed by atoms with Crippen molar-refractivity contribution in [3.63, 3.8) is 0 Å². The van der Waals surface area contributed by atoms with Gasteiger partial charge in [0.1, 0.15) is 0 Å². The Kier molecular flexibility index (Phi) is 1.78. The molecule has 0 bridgehead atoms. The number of hydrogen-bond donors (Lipinski definition) is 0. The summed E-state index contributed by atoms with van der Waals surface area (Å²) in [6.07, 6.45) is 1.08. The number of carbonyl (C=O) groups excluding carboxylic acids is 1. The Balaban J connectivity index is 2.39. The van der Waals surface area contributed by atoms with Crippen LogP contribution >= 0.6 is 11.8 Å². The van der Waals surface area contributed by atoms with Gasteiger partial charge in [-0.25, -0.2) is 0 Å². The zero-order valence-electron chi connectivity index (χ0n) is 4.59. The molecule has 0 saturated carbocycles. The number of carbonyl (C=O) groups is 1. The minimum atomic E-state index is 0.108. The van der Waals surface area contributed by atoms with E-state index in [-0.39, 0.29) is 5.24 Å². The zero-order chi connectivity index (χ0) is 5.98. The number of amides is 1. The summed E-state index contributed by atoms with van der Waals surface area (Å²) in [4.78, 5) is 12.1. The minimum Gasteiger partial charge on any atom is -0.486 e. The van der Waals surface area contributed by atoms with E-state index in [2.05, 4.69) is 7.05 Å². The van der Waals surface area contributed by atoms with Crippen molar-refractivity contribution in [1.29, 1.82) is 0 Å². The topological polar surface area (TPSA) is 20.3 Å². The van der Waals surface area contributed by atoms with Gasteiger partial charge < -0.3 is 4.90 Å². The maximum absolute atomic E-state index is 10.6. The molecular weight excluding hydrogens is 122 g/mol. The molecule has 0 spiro atoms. The van der Waals surface area contributed by atoms with Crippen molar-refractivity contribution in [1.82, 2.24) is 4.90 Å². The van der Waals surface area contributed by atoms with E-state index in [9.17, 15) is 4.79 Å². The van der Waals surface area contributed by atoms with Gasteiger partial charge in [-0.3, -0.25) is 11.8 Å². The van der Waals surface area contributed by atoms with Crippen LogP contribution in [0.5, 0.6) is 0 Å². The van der Waals surface area contributed by atoms with Crippen molar-refractivity contribution in [2.45, 2.75) is 6.42 Å². The maximum atomic E-state index is 10.6. The average Bonchev–Trinajstić information content (AvgIpc) is 1.77. The Morgan fingerprint density at radius 3 is 2.88 bits per heavy atom. The van der Waals surface area contributed by atoms with Crippen LogP contribution in [-0.4, -0.2) is 22.4 Å². The molecule has 0 aliphatic carbocycles. The molecule has 1 fully saturated rings. The molecule has 0 aromatic carbocycles. The highest BCUT2D eigenvalue weighted by Crippen LogP contribution is 2.15. The van der Waals surface area contributed by atoms with Crippen LogP contribution in [0, 0.1) is 7.05 Å². The molecule has 1 heterocycles. The fourth-order valence-corrected chi connectivity index (χ4v) is 1.32. The van der Waals surface area contributed by atoms with Crippen LogP contribution in [0.1, 0.15) is 6.42 Å². The third-order valence-corrected chi connectivity index (χ3v) is 2.05. The first-order valence-corrected chi connectivity index (χ1v) is 3.54. The van der Waals surface area contributed by atoms with E-state index in [1.54, 1.807) is 0 Å². The smallest absolute Gasteiger partial charge is 0.252 e. The predicted molar refractivity (Wildman–Crippen MR) is 34.5 cm³/mol. The summed E-state index contributed by atoms with van der Waals surface area (Å²) in [6, 6.07) is 0. The van der Waals surface area contributed by atoms with Gasteiger partial charge in [0.2, 0.25) is 0 Å². The molecule has 1 aliphatic rings. The SMILES string of the molecule is [CH2-]N1CCCSC1=O. The van der Waals surface area contributed by atoms with E-state index in [4.69, 9.17) is 0 Å². The fourth-order valence-electron chi connectivity index (χ4n) is 0.597. The van der Waals surface area contributed by atoms with Gasteiger partial charge in [-0.15, -0.1) is 0 Å². The Hall–Kier alpha value is -0.180. The van der Waals surface area contributed by atoms with Crippen molar-refractivity contribution >= 4 is 17.0 Å². The Morgan fingerprint density at radius 2 is 2.50 bits per heavy atom. The fraction of sp³-hybridized carbons (Fsp3) is 0.600. The molecule has 0 radical (unpaired) electrons. The first kappa shape index (κ1) is 5.95. The molecular formula is C5H8NOS-. The summed E-state index contributed by atoms with van der Waals surface area (Å²) >= 11 is 1.35. The van der Waals surface area contributed by atoms with E-state index in [0.717, 1.165) is 18.7 Å². The van der Waals surface area contributed by atoms with Gasteiger partial charge in [-0.2, -0.15) is 0 Å². The summed E-state index contributed by atoms with van der Waals surface area (Å²) in [5.74, 6) is 0.963. The van der Waals surface area contributed by atoms with Crippen molar-refractivity contribution in [3.05, 3.63) is 7.05 Å². The second-order valence-corrected chi connectivity index (χ2v) is 2.78. The molecule has 1 amide bonds. The zero-order valence-corrected chi connectivity index (χ0v) is 5.41. The number of rotatable bonds is 0. The van der Waals surface area contributed by atoms with Crippen molar-refractivity contribution in [3.8, 4) is 0 Å². The lowest BCUT2D eigenvalue weighted by Crippen LogP contribution is -2.26. The molecule has 1 rings (SSSR count). The molecule has 2 nitrogen and oxygen atoms in total. The van der Waals surface area contributed by atoms with E-state index in [1.165, 1.54) is 16.7 Å². The van der Waals surface area contributed by atoms with Gasteiger partial charge in [0.05, 0.1) is 0 Å². The summed E-state index contributed by atoms with van der Waals surface area (Å²) < 4.78 is 0. The molecule has 0 N–H and O–H groups in total. The van der Waals surface area contributed by atoms with E-state index in [1.807, 2.05) is 0 Å². The molecule has 46 valence electrons. The third kappa shape index (κ3) is 1.15. The average molecular weight is 130 g/mol. The molecule has 8 heavy (non-hydrogen) atoms. The largest absolute Gasteiger partial charge is 0.486 e. The van der Waals surface area contributed by atoms with Gasteiger partial charge in [0, 0.05) is 5.75 Å². The molecule has 0 unspecified atom stereocenters. The van der Waals surface area contributed by atoms with Crippen LogP contribution in [-0.2, 0) is 0 Å². The van der Waals surface area contributed by atoms with Crippen molar-refractivity contribution < 1.29 is 4.79 Å². The van der Waals surface area contributed by atoms with Gasteiger partial charge in [-0.1, -0.05) is 11.8 Å². The van der Waals surface area contributed by atoms with Crippen LogP contribution < -0.4 is 0 Å². The third-order valence-electron chi connectivity index (χ3n) is 1.06. The van der Waals surface area contributed by atoms with Gasteiger partial charge in [0.15, 0.2) is 0 Å². The van der Waals surface area contributed by atoms with Crippen LogP contribution in [0.15, 0.2) is 0 Å². The number of nitrogens with zero attached hydrogens (tertiary/aromatic N) is 1. The summed E-state index contributed by atoms with van der Waals surface area (Å²) in [7, 11) is 3.54. The Morgan fingerprint density at radius 1 is 1.75 bits per heavy atom. The number of thioether (sulfide) groups is 1. The Labute approximate surface area is 53.2 Å². The Bertz CT molecular complexity index is 105. The van der Waals surface area contributed by atoms with Gasteiger partial charge in [-0.05, 0) is 13.0 Å². The summed E-state index contributed by atoms with van der Waals surface area (Å²) in [6.45, 7) is 0.825. The molecule has 1 saturated heterocycles. The van der Waals surface area contributed by atoms with Gasteiger partial charge >= 0.3 is 0 Å². The summed E-state index contributed by atoms with van der Waals surface area (Å²) in [5.41, 5.74) is 0. The maximum Gasteiger partial charge on any atom is 0.252 e. The van der Waals surface area contributed by atoms with Gasteiger partial charge in [0.25, 0.3) is 5.24 Å². The number of hydrogen-bond acceptors (Lipinski definition) is 2. The van der Waals surface area contributed by atoms with Crippen molar-refractivity contribution in [2.24, 2.45) is 0 Å². The summed E-state index contributed by atoms with van der Waals surface area (Å²) in [5, 5.41) is 0.108. The van der Waals surface area contributed by atoms with E-state index < -0.39 is 0 Å². The predicted octanol–water partition coefficient (Wildman–Crippen LogP) is 1.34. The normalized spacial score (nSPS) is 21.6. The molecule has 0 aromatic heterocycles. The molecule has 1 aliphatic heterocycles. The van der Waals surface area contributed by atoms with E-state index in [0.29, 0.717) is 0 Å². The van der Waals surface area contributed by atoms with Crippen molar-refractivity contribution in [2.75, 3.05) is 12.3 Å². The lowest BCUT2D eigenvalue weighted by Gasteiger charge is -2.28. The van der Waals surface area contributed by atoms with Crippen LogP contribution in [0.3, 0.4) is 0 Å². The molecule has 0 atom stereocenters. The second kappa shape index (κ2) is 2.40. The van der Waals surface area contributed by atoms with E-state index >= 15 is 0 Å². The monoisotopic (exact) mass is 130 g/mol. The highest BCUT2D eigenvalue weighted by atomic mass is 32.2. The first-order chi connectivity index (χ1) is 3.80. The molecule has 0 aromatic rings. The minimum absolute atomic E-state index is 0.108.